The number of amidine groups is 1. The lowest BCUT2D eigenvalue weighted by Crippen LogP contribution is -2.38. The molecular weight excluding hydrogens is 374 g/mol. The van der Waals surface area contributed by atoms with Gasteiger partial charge in [0.1, 0.15) is 6.29 Å². The third-order valence-electron chi connectivity index (χ3n) is 4.81. The van der Waals surface area contributed by atoms with E-state index in [0.717, 1.165) is 49.2 Å². The van der Waals surface area contributed by atoms with Gasteiger partial charge in [-0.25, -0.2) is 5.01 Å². The minimum Gasteiger partial charge on any atom is -0.369 e. The van der Waals surface area contributed by atoms with Crippen LogP contribution < -0.4 is 5.73 Å². The van der Waals surface area contributed by atoms with E-state index in [2.05, 4.69) is 4.90 Å². The maximum absolute atomic E-state index is 11.0. The van der Waals surface area contributed by atoms with E-state index in [1.165, 1.54) is 0 Å². The normalized spacial score (nSPS) is 14.9. The quantitative estimate of drug-likeness (QED) is 0.348. The van der Waals surface area contributed by atoms with Gasteiger partial charge >= 0.3 is 0 Å². The molecule has 7 heteroatoms. The van der Waals surface area contributed by atoms with Crippen molar-refractivity contribution in [2.24, 2.45) is 10.8 Å². The van der Waals surface area contributed by atoms with Crippen molar-refractivity contribution in [3.8, 4) is 0 Å². The van der Waals surface area contributed by atoms with E-state index in [1.54, 1.807) is 17.1 Å². The number of rotatable bonds is 5. The number of guanidine groups is 1. The zero-order chi connectivity index (χ0) is 19.2. The molecule has 1 unspecified atom stereocenters. The molecule has 0 radical (unpaired) electrons. The van der Waals surface area contributed by atoms with Gasteiger partial charge in [-0.05, 0) is 25.3 Å². The van der Waals surface area contributed by atoms with Crippen molar-refractivity contribution in [1.29, 1.82) is 5.41 Å². The Balaban J connectivity index is 0.00000280. The fourth-order valence-corrected chi connectivity index (χ4v) is 3.27. The summed E-state index contributed by atoms with van der Waals surface area (Å²) in [6, 6.07) is 17.1. The van der Waals surface area contributed by atoms with Crippen molar-refractivity contribution >= 4 is 30.5 Å². The lowest BCUT2D eigenvalue weighted by molar-refractivity contribution is 0.112. The van der Waals surface area contributed by atoms with Gasteiger partial charge in [0.25, 0.3) is 0 Å². The van der Waals surface area contributed by atoms with E-state index in [9.17, 15) is 4.79 Å². The minimum absolute atomic E-state index is 0. The number of aldehydes is 1. The SMILES string of the molecule is CC(c1ccccc1)N(N=C(c1ccc(C=O)cc1)N1CCCC1)C(=N)N.Cl. The van der Waals surface area contributed by atoms with Gasteiger partial charge < -0.3 is 10.6 Å². The van der Waals surface area contributed by atoms with Crippen LogP contribution in [0.3, 0.4) is 0 Å². The number of hydrogen-bond donors (Lipinski definition) is 2. The fraction of sp³-hybridized carbons (Fsp3) is 0.286. The molecule has 0 spiro atoms. The van der Waals surface area contributed by atoms with Gasteiger partial charge in [0.2, 0.25) is 5.96 Å². The zero-order valence-electron chi connectivity index (χ0n) is 15.9. The van der Waals surface area contributed by atoms with Crippen molar-refractivity contribution in [3.63, 3.8) is 0 Å². The van der Waals surface area contributed by atoms with Gasteiger partial charge in [-0.15, -0.1) is 12.4 Å². The molecular formula is C21H26ClN5O. The van der Waals surface area contributed by atoms with Crippen molar-refractivity contribution in [2.45, 2.75) is 25.8 Å². The fourth-order valence-electron chi connectivity index (χ4n) is 3.27. The topological polar surface area (TPSA) is 85.8 Å². The van der Waals surface area contributed by atoms with E-state index < -0.39 is 0 Å². The van der Waals surface area contributed by atoms with Gasteiger partial charge in [0, 0.05) is 24.2 Å². The maximum Gasteiger partial charge on any atom is 0.209 e. The molecule has 0 amide bonds. The van der Waals surface area contributed by atoms with Gasteiger partial charge in [-0.2, -0.15) is 5.10 Å². The summed E-state index contributed by atoms with van der Waals surface area (Å²) in [7, 11) is 0. The van der Waals surface area contributed by atoms with Crippen LogP contribution in [0, 0.1) is 5.41 Å². The van der Waals surface area contributed by atoms with Gasteiger partial charge in [-0.1, -0.05) is 54.6 Å². The third kappa shape index (κ3) is 4.89. The molecule has 1 heterocycles. The van der Waals surface area contributed by atoms with Crippen LogP contribution in [-0.4, -0.2) is 41.1 Å². The summed E-state index contributed by atoms with van der Waals surface area (Å²) in [4.78, 5) is 13.2. The lowest BCUT2D eigenvalue weighted by atomic mass is 10.1. The Kier molecular flexibility index (Phi) is 7.58. The summed E-state index contributed by atoms with van der Waals surface area (Å²) in [5, 5.41) is 14.4. The number of carbonyl (C=O) groups is 1. The Bertz CT molecular complexity index is 816. The number of carbonyl (C=O) groups excluding carboxylic acids is 1. The second-order valence-corrected chi connectivity index (χ2v) is 6.67. The molecule has 0 aliphatic carbocycles. The van der Waals surface area contributed by atoms with Crippen LogP contribution in [0.5, 0.6) is 0 Å². The summed E-state index contributed by atoms with van der Waals surface area (Å²) in [6.07, 6.45) is 3.05. The van der Waals surface area contributed by atoms with E-state index in [4.69, 9.17) is 16.2 Å². The van der Waals surface area contributed by atoms with Crippen LogP contribution in [0.25, 0.3) is 0 Å². The molecule has 148 valence electrons. The predicted molar refractivity (Wildman–Crippen MR) is 115 cm³/mol. The van der Waals surface area contributed by atoms with Gasteiger partial charge in [0.15, 0.2) is 5.84 Å². The number of nitrogens with zero attached hydrogens (tertiary/aromatic N) is 3. The van der Waals surface area contributed by atoms with E-state index in [0.29, 0.717) is 5.56 Å². The molecule has 28 heavy (non-hydrogen) atoms. The molecule has 1 fully saturated rings. The number of halogens is 1. The van der Waals surface area contributed by atoms with Crippen LogP contribution in [0.4, 0.5) is 0 Å². The highest BCUT2D eigenvalue weighted by Crippen LogP contribution is 2.22. The first-order valence-corrected chi connectivity index (χ1v) is 9.17. The molecule has 1 atom stereocenters. The molecule has 1 aliphatic heterocycles. The predicted octanol–water partition coefficient (Wildman–Crippen LogP) is 3.63. The summed E-state index contributed by atoms with van der Waals surface area (Å²) in [6.45, 7) is 3.82. The number of nitrogens with one attached hydrogen (secondary N) is 1. The number of hydrogen-bond acceptors (Lipinski definition) is 3. The molecule has 6 nitrogen and oxygen atoms in total. The average Bonchev–Trinajstić information content (AvgIpc) is 3.23. The second kappa shape index (κ2) is 9.90. The molecule has 0 saturated carbocycles. The van der Waals surface area contributed by atoms with Gasteiger partial charge in [-0.3, -0.25) is 10.2 Å². The second-order valence-electron chi connectivity index (χ2n) is 6.67. The summed E-state index contributed by atoms with van der Waals surface area (Å²) in [5.74, 6) is 0.676. The standard InChI is InChI=1S/C21H25N5O.ClH/c1-16(18-7-3-2-4-8-18)26(21(22)23)24-20(25-13-5-6-14-25)19-11-9-17(15-27)10-12-19;/h2-4,7-12,15-16H,5-6,13-14H2,1H3,(H3,22,23);1H. The number of hydrazone groups is 1. The Morgan fingerprint density at radius 2 is 1.75 bits per heavy atom. The minimum atomic E-state index is -0.171. The molecule has 0 bridgehead atoms. The first-order valence-electron chi connectivity index (χ1n) is 9.17. The van der Waals surface area contributed by atoms with Crippen LogP contribution in [0.1, 0.15) is 47.3 Å². The van der Waals surface area contributed by atoms with E-state index in [-0.39, 0.29) is 24.4 Å². The molecule has 1 saturated heterocycles. The summed E-state index contributed by atoms with van der Waals surface area (Å²) in [5.41, 5.74) is 8.46. The third-order valence-corrected chi connectivity index (χ3v) is 4.81. The smallest absolute Gasteiger partial charge is 0.209 e. The molecule has 2 aromatic rings. The Morgan fingerprint density at radius 3 is 2.29 bits per heavy atom. The van der Waals surface area contributed by atoms with Crippen molar-refractivity contribution in [1.82, 2.24) is 9.91 Å². The van der Waals surface area contributed by atoms with Crippen LogP contribution in [-0.2, 0) is 0 Å². The van der Waals surface area contributed by atoms with E-state index in [1.807, 2.05) is 49.4 Å². The zero-order valence-corrected chi connectivity index (χ0v) is 16.7. The highest BCUT2D eigenvalue weighted by atomic mass is 35.5. The summed E-state index contributed by atoms with van der Waals surface area (Å²) >= 11 is 0. The number of likely N-dealkylation sites (tertiary alicyclic amines) is 1. The highest BCUT2D eigenvalue weighted by Gasteiger charge is 2.23. The van der Waals surface area contributed by atoms with Crippen LogP contribution >= 0.6 is 12.4 Å². The largest absolute Gasteiger partial charge is 0.369 e. The Morgan fingerprint density at radius 1 is 1.14 bits per heavy atom. The molecule has 1 aliphatic rings. The molecule has 3 N–H and O–H groups in total. The van der Waals surface area contributed by atoms with Crippen molar-refractivity contribution < 1.29 is 4.79 Å². The number of nitrogens with two attached hydrogens (primary N) is 1. The first kappa shape index (κ1) is 21.4. The molecule has 0 aromatic heterocycles. The Labute approximate surface area is 171 Å². The lowest BCUT2D eigenvalue weighted by Gasteiger charge is -2.28. The highest BCUT2D eigenvalue weighted by molar-refractivity contribution is 6.00. The maximum atomic E-state index is 11.0. The number of benzene rings is 2. The van der Waals surface area contributed by atoms with Crippen molar-refractivity contribution in [2.75, 3.05) is 13.1 Å². The molecule has 2 aromatic carbocycles. The first-order chi connectivity index (χ1) is 13.1. The van der Waals surface area contributed by atoms with Crippen LogP contribution in [0.15, 0.2) is 59.7 Å². The average molecular weight is 400 g/mol. The van der Waals surface area contributed by atoms with E-state index >= 15 is 0 Å². The van der Waals surface area contributed by atoms with Gasteiger partial charge in [0.05, 0.1) is 6.04 Å². The van der Waals surface area contributed by atoms with Crippen molar-refractivity contribution in [3.05, 3.63) is 71.3 Å². The van der Waals surface area contributed by atoms with Crippen LogP contribution in [0.2, 0.25) is 0 Å². The Hall–Kier alpha value is -2.86. The monoisotopic (exact) mass is 399 g/mol. The summed E-state index contributed by atoms with van der Waals surface area (Å²) < 4.78 is 0. The molecule has 3 rings (SSSR count).